The number of allylic oxidation sites excluding steroid dienone is 1. The molecule has 0 aliphatic heterocycles. The highest BCUT2D eigenvalue weighted by Crippen LogP contribution is 2.25. The van der Waals surface area contributed by atoms with E-state index in [1.807, 2.05) is 0 Å². The van der Waals surface area contributed by atoms with Crippen LogP contribution < -0.4 is 0 Å². The molecule has 0 saturated heterocycles. The third-order valence-corrected chi connectivity index (χ3v) is 3.54. The van der Waals surface area contributed by atoms with Crippen molar-refractivity contribution in [2.24, 2.45) is 0 Å². The summed E-state index contributed by atoms with van der Waals surface area (Å²) in [6.45, 7) is 0. The van der Waals surface area contributed by atoms with Crippen LogP contribution in [0.3, 0.4) is 0 Å². The van der Waals surface area contributed by atoms with Crippen LogP contribution >= 0.6 is 0 Å². The first-order valence-corrected chi connectivity index (χ1v) is 7.39. The number of phenols is 1. The first kappa shape index (κ1) is 16.2. The molecule has 2 aromatic carbocycles. The molecule has 0 unspecified atom stereocenters. The maximum Gasteiger partial charge on any atom is 0.269 e. The van der Waals surface area contributed by atoms with Gasteiger partial charge in [0.25, 0.3) is 5.69 Å². The van der Waals surface area contributed by atoms with Crippen molar-refractivity contribution in [2.75, 3.05) is 0 Å². The highest BCUT2D eigenvalue weighted by atomic mass is 16.6. The Labute approximate surface area is 142 Å². The molecule has 0 spiro atoms. The number of furan rings is 1. The quantitative estimate of drug-likeness (QED) is 0.321. The number of benzene rings is 2. The van der Waals surface area contributed by atoms with Crippen LogP contribution in [-0.2, 0) is 0 Å². The number of carbonyl (C=O) groups excluding carboxylic acids is 1. The smallest absolute Gasteiger partial charge is 0.269 e. The number of rotatable bonds is 5. The number of ketones is 1. The number of nitrogens with zero attached hydrogens (tertiary/aromatic N) is 1. The van der Waals surface area contributed by atoms with E-state index in [0.717, 1.165) is 0 Å². The van der Waals surface area contributed by atoms with Crippen LogP contribution in [0, 0.1) is 10.1 Å². The van der Waals surface area contributed by atoms with Gasteiger partial charge in [-0.15, -0.1) is 0 Å². The minimum absolute atomic E-state index is 0.00919. The Morgan fingerprint density at radius 3 is 2.32 bits per heavy atom. The second kappa shape index (κ2) is 6.84. The Morgan fingerprint density at radius 2 is 1.68 bits per heavy atom. The maximum atomic E-state index is 12.0. The predicted octanol–water partition coefficient (Wildman–Crippen LogP) is 4.46. The maximum absolute atomic E-state index is 12.0. The molecule has 25 heavy (non-hydrogen) atoms. The third-order valence-electron chi connectivity index (χ3n) is 3.54. The first-order chi connectivity index (χ1) is 12.0. The van der Waals surface area contributed by atoms with E-state index < -0.39 is 4.92 Å². The normalized spacial score (nSPS) is 10.9. The highest BCUT2D eigenvalue weighted by molar-refractivity contribution is 6.06. The zero-order chi connectivity index (χ0) is 17.8. The van der Waals surface area contributed by atoms with Crippen LogP contribution in [0.4, 0.5) is 5.69 Å². The number of nitro groups is 1. The highest BCUT2D eigenvalue weighted by Gasteiger charge is 2.08. The zero-order valence-electron chi connectivity index (χ0n) is 13.0. The molecule has 0 aliphatic rings. The van der Waals surface area contributed by atoms with Crippen molar-refractivity contribution in [3.8, 4) is 17.1 Å². The van der Waals surface area contributed by atoms with E-state index in [1.165, 1.54) is 42.5 Å². The van der Waals surface area contributed by atoms with Crippen LogP contribution in [0.15, 0.2) is 71.2 Å². The summed E-state index contributed by atoms with van der Waals surface area (Å²) in [5.41, 5.74) is 1.17. The largest absolute Gasteiger partial charge is 0.508 e. The number of carbonyl (C=O) groups is 1. The molecule has 0 bridgehead atoms. The van der Waals surface area contributed by atoms with Gasteiger partial charge in [-0.25, -0.2) is 0 Å². The molecule has 3 aromatic rings. The molecule has 6 heteroatoms. The Hall–Kier alpha value is -3.67. The Balaban J connectivity index is 1.73. The molecule has 0 amide bonds. The van der Waals surface area contributed by atoms with Crippen LogP contribution in [0.25, 0.3) is 17.4 Å². The molecule has 0 aliphatic carbocycles. The van der Waals surface area contributed by atoms with E-state index in [9.17, 15) is 20.0 Å². The summed E-state index contributed by atoms with van der Waals surface area (Å²) in [5.74, 6) is 0.916. The first-order valence-electron chi connectivity index (χ1n) is 7.39. The second-order valence-electron chi connectivity index (χ2n) is 5.25. The topological polar surface area (TPSA) is 93.6 Å². The van der Waals surface area contributed by atoms with E-state index >= 15 is 0 Å². The van der Waals surface area contributed by atoms with Crippen molar-refractivity contribution in [3.05, 3.63) is 88.2 Å². The van der Waals surface area contributed by atoms with Crippen molar-refractivity contribution < 1.29 is 19.2 Å². The van der Waals surface area contributed by atoms with Crippen molar-refractivity contribution in [3.63, 3.8) is 0 Å². The van der Waals surface area contributed by atoms with Crippen LogP contribution in [0.1, 0.15) is 16.1 Å². The Kier molecular flexibility index (Phi) is 4.43. The lowest BCUT2D eigenvalue weighted by Gasteiger charge is -1.97. The molecule has 1 N–H and O–H groups in total. The fourth-order valence-corrected chi connectivity index (χ4v) is 2.22. The van der Waals surface area contributed by atoms with Crippen LogP contribution in [0.5, 0.6) is 5.75 Å². The van der Waals surface area contributed by atoms with Gasteiger partial charge in [-0.3, -0.25) is 14.9 Å². The SMILES string of the molecule is O=C(C=Cc1ccc(-c2ccc([N+](=O)[O-])cc2)o1)c1ccc(O)cc1. The predicted molar refractivity (Wildman–Crippen MR) is 92.3 cm³/mol. The lowest BCUT2D eigenvalue weighted by molar-refractivity contribution is -0.384. The fraction of sp³-hybridized carbons (Fsp3) is 0. The summed E-state index contributed by atoms with van der Waals surface area (Å²) in [6, 6.07) is 15.4. The van der Waals surface area contributed by atoms with E-state index in [4.69, 9.17) is 4.42 Å². The molecule has 3 rings (SSSR count). The van der Waals surface area contributed by atoms with E-state index in [-0.39, 0.29) is 17.2 Å². The summed E-state index contributed by atoms with van der Waals surface area (Å²) in [6.07, 6.45) is 2.93. The summed E-state index contributed by atoms with van der Waals surface area (Å²) >= 11 is 0. The molecule has 1 heterocycles. The molecule has 0 radical (unpaired) electrons. The van der Waals surface area contributed by atoms with Crippen molar-refractivity contribution in [1.29, 1.82) is 0 Å². The van der Waals surface area contributed by atoms with Gasteiger partial charge in [0, 0.05) is 23.3 Å². The second-order valence-corrected chi connectivity index (χ2v) is 5.25. The fourth-order valence-electron chi connectivity index (χ4n) is 2.22. The number of hydrogen-bond donors (Lipinski definition) is 1. The summed E-state index contributed by atoms with van der Waals surface area (Å²) in [7, 11) is 0. The van der Waals surface area contributed by atoms with Gasteiger partial charge in [0.05, 0.1) is 4.92 Å². The van der Waals surface area contributed by atoms with Gasteiger partial charge in [-0.1, -0.05) is 0 Å². The van der Waals surface area contributed by atoms with Gasteiger partial charge >= 0.3 is 0 Å². The third kappa shape index (κ3) is 3.81. The average molecular weight is 335 g/mol. The summed E-state index contributed by atoms with van der Waals surface area (Å²) in [4.78, 5) is 22.2. The lowest BCUT2D eigenvalue weighted by Crippen LogP contribution is -1.92. The summed E-state index contributed by atoms with van der Waals surface area (Å²) < 4.78 is 5.63. The molecule has 1 aromatic heterocycles. The molecule has 6 nitrogen and oxygen atoms in total. The van der Waals surface area contributed by atoms with E-state index in [1.54, 1.807) is 30.3 Å². The number of hydrogen-bond acceptors (Lipinski definition) is 5. The van der Waals surface area contributed by atoms with Gasteiger partial charge < -0.3 is 9.52 Å². The zero-order valence-corrected chi connectivity index (χ0v) is 13.0. The van der Waals surface area contributed by atoms with Gasteiger partial charge in [0.2, 0.25) is 0 Å². The minimum atomic E-state index is -0.463. The molecular formula is C19H13NO5. The van der Waals surface area contributed by atoms with Crippen LogP contribution in [0.2, 0.25) is 0 Å². The Bertz CT molecular complexity index is 937. The van der Waals surface area contributed by atoms with Crippen molar-refractivity contribution in [2.45, 2.75) is 0 Å². The number of non-ortho nitro benzene ring substituents is 1. The van der Waals surface area contributed by atoms with Crippen molar-refractivity contribution >= 4 is 17.5 Å². The molecule has 124 valence electrons. The molecule has 0 fully saturated rings. The average Bonchev–Trinajstić information content (AvgIpc) is 3.09. The summed E-state index contributed by atoms with van der Waals surface area (Å²) in [5, 5.41) is 19.9. The Morgan fingerprint density at radius 1 is 1.00 bits per heavy atom. The van der Waals surface area contributed by atoms with Crippen LogP contribution in [-0.4, -0.2) is 15.8 Å². The van der Waals surface area contributed by atoms with Gasteiger partial charge in [0.15, 0.2) is 5.78 Å². The number of phenolic OH excluding ortho intramolecular Hbond substituents is 1. The lowest BCUT2D eigenvalue weighted by atomic mass is 10.1. The van der Waals surface area contributed by atoms with Gasteiger partial charge in [-0.2, -0.15) is 0 Å². The minimum Gasteiger partial charge on any atom is -0.508 e. The molecule has 0 saturated carbocycles. The van der Waals surface area contributed by atoms with Gasteiger partial charge in [-0.05, 0) is 60.7 Å². The molecule has 0 atom stereocenters. The van der Waals surface area contributed by atoms with Crippen molar-refractivity contribution in [1.82, 2.24) is 0 Å². The van der Waals surface area contributed by atoms with Gasteiger partial charge in [0.1, 0.15) is 17.3 Å². The monoisotopic (exact) mass is 335 g/mol. The number of aromatic hydroxyl groups is 1. The standard InChI is InChI=1S/C19H13NO5/c21-16-7-3-13(4-8-16)18(22)11-9-17-10-12-19(25-17)14-1-5-15(6-2-14)20(23)24/h1-12,21H. The van der Waals surface area contributed by atoms with E-state index in [2.05, 4.69) is 0 Å². The molecular weight excluding hydrogens is 322 g/mol. The van der Waals surface area contributed by atoms with E-state index in [0.29, 0.717) is 22.6 Å². The number of nitro benzene ring substituents is 1.